The molecule has 0 radical (unpaired) electrons. The second kappa shape index (κ2) is 9.33. The number of benzene rings is 1. The highest BCUT2D eigenvalue weighted by Gasteiger charge is 2.35. The van der Waals surface area contributed by atoms with Gasteiger partial charge in [0.25, 0.3) is 5.91 Å². The van der Waals surface area contributed by atoms with Gasteiger partial charge in [-0.1, -0.05) is 18.9 Å². The van der Waals surface area contributed by atoms with Crippen LogP contribution in [0.1, 0.15) is 50.5 Å². The second-order valence-corrected chi connectivity index (χ2v) is 8.04. The van der Waals surface area contributed by atoms with Crippen molar-refractivity contribution < 1.29 is 23.8 Å². The van der Waals surface area contributed by atoms with E-state index in [1.54, 1.807) is 6.08 Å². The first-order valence-electron chi connectivity index (χ1n) is 10.7. The van der Waals surface area contributed by atoms with Crippen LogP contribution < -0.4 is 9.47 Å². The minimum Gasteiger partial charge on any atom is -0.490 e. The molecule has 6 heteroatoms. The predicted octanol–water partition coefficient (Wildman–Crippen LogP) is 3.59. The van der Waals surface area contributed by atoms with Crippen molar-refractivity contribution in [1.29, 1.82) is 0 Å². The van der Waals surface area contributed by atoms with Gasteiger partial charge in [0.2, 0.25) is 0 Å². The molecule has 4 rings (SSSR count). The maximum absolute atomic E-state index is 12.6. The molecular weight excluding hydrogens is 370 g/mol. The highest BCUT2D eigenvalue weighted by atomic mass is 16.5. The zero-order valence-electron chi connectivity index (χ0n) is 16.8. The number of amides is 1. The Hall–Kier alpha value is -2.50. The maximum Gasteiger partial charge on any atom is 0.331 e. The normalized spacial score (nSPS) is 23.9. The molecule has 1 saturated carbocycles. The standard InChI is InChI=1S/C23H29NO5/c25-22(24-12-3-6-18-5-1-2-7-19(18)24)16-29-23(26)11-9-17-8-10-20-21(15-17)28-14-4-13-27-20/h8-11,15,18-19H,1-7,12-14,16H2/b11-9+/t18-,19+/m1/s1. The van der Waals surface area contributed by atoms with E-state index in [0.29, 0.717) is 30.9 Å². The van der Waals surface area contributed by atoms with E-state index in [0.717, 1.165) is 37.1 Å². The Labute approximate surface area is 171 Å². The third-order valence-corrected chi connectivity index (χ3v) is 6.08. The van der Waals surface area contributed by atoms with Crippen LogP contribution in [0.5, 0.6) is 11.5 Å². The molecule has 1 aromatic carbocycles. The number of fused-ring (bicyclic) bond motifs is 2. The number of esters is 1. The van der Waals surface area contributed by atoms with Crippen LogP contribution >= 0.6 is 0 Å². The largest absolute Gasteiger partial charge is 0.490 e. The molecular formula is C23H29NO5. The lowest BCUT2D eigenvalue weighted by Gasteiger charge is -2.44. The minimum atomic E-state index is -0.511. The lowest BCUT2D eigenvalue weighted by molar-refractivity contribution is -0.151. The van der Waals surface area contributed by atoms with E-state index in [4.69, 9.17) is 14.2 Å². The fraction of sp³-hybridized carbons (Fsp3) is 0.565. The van der Waals surface area contributed by atoms with Gasteiger partial charge in [-0.15, -0.1) is 0 Å². The molecule has 29 heavy (non-hydrogen) atoms. The van der Waals surface area contributed by atoms with E-state index in [1.807, 2.05) is 23.1 Å². The Morgan fingerprint density at radius 1 is 1.03 bits per heavy atom. The Balaban J connectivity index is 1.29. The summed E-state index contributed by atoms with van der Waals surface area (Å²) in [6.45, 7) is 1.85. The van der Waals surface area contributed by atoms with Gasteiger partial charge >= 0.3 is 5.97 Å². The molecule has 2 atom stereocenters. The first-order valence-corrected chi connectivity index (χ1v) is 10.7. The molecule has 1 amide bonds. The zero-order chi connectivity index (χ0) is 20.1. The van der Waals surface area contributed by atoms with Crippen molar-refractivity contribution in [3.05, 3.63) is 29.8 Å². The van der Waals surface area contributed by atoms with E-state index in [2.05, 4.69) is 0 Å². The Kier molecular flexibility index (Phi) is 6.37. The molecule has 1 saturated heterocycles. The number of hydrogen-bond donors (Lipinski definition) is 0. The quantitative estimate of drug-likeness (QED) is 0.572. The third kappa shape index (κ3) is 4.92. The SMILES string of the molecule is O=C(/C=C/c1ccc2c(c1)OCCCO2)OCC(=O)N1CCC[C@H]2CCCC[C@@H]21. The van der Waals surface area contributed by atoms with Crippen molar-refractivity contribution in [3.63, 3.8) is 0 Å². The summed E-state index contributed by atoms with van der Waals surface area (Å²) in [6.07, 6.45) is 10.9. The maximum atomic E-state index is 12.6. The Morgan fingerprint density at radius 2 is 1.83 bits per heavy atom. The second-order valence-electron chi connectivity index (χ2n) is 8.04. The fourth-order valence-corrected chi connectivity index (χ4v) is 4.65. The minimum absolute atomic E-state index is 0.0704. The molecule has 2 fully saturated rings. The van der Waals surface area contributed by atoms with Crippen molar-refractivity contribution in [1.82, 2.24) is 4.90 Å². The average molecular weight is 399 g/mol. The lowest BCUT2D eigenvalue weighted by atomic mass is 9.78. The van der Waals surface area contributed by atoms with Crippen molar-refractivity contribution in [2.75, 3.05) is 26.4 Å². The van der Waals surface area contributed by atoms with Gasteiger partial charge in [-0.05, 0) is 55.4 Å². The van der Waals surface area contributed by atoms with Crippen molar-refractivity contribution in [3.8, 4) is 11.5 Å². The number of carbonyl (C=O) groups is 2. The summed E-state index contributed by atoms with van der Waals surface area (Å²) in [7, 11) is 0. The summed E-state index contributed by atoms with van der Waals surface area (Å²) < 4.78 is 16.5. The molecule has 2 aliphatic heterocycles. The number of likely N-dealkylation sites (tertiary alicyclic amines) is 1. The number of nitrogens with zero attached hydrogens (tertiary/aromatic N) is 1. The fourth-order valence-electron chi connectivity index (χ4n) is 4.65. The number of hydrogen-bond acceptors (Lipinski definition) is 5. The number of rotatable bonds is 4. The first kappa shape index (κ1) is 19.8. The molecule has 1 aromatic rings. The van der Waals surface area contributed by atoms with Crippen molar-refractivity contribution in [2.24, 2.45) is 5.92 Å². The molecule has 0 bridgehead atoms. The highest BCUT2D eigenvalue weighted by Crippen LogP contribution is 2.35. The van der Waals surface area contributed by atoms with Gasteiger partial charge < -0.3 is 19.1 Å². The van der Waals surface area contributed by atoms with Crippen molar-refractivity contribution in [2.45, 2.75) is 51.0 Å². The summed E-state index contributed by atoms with van der Waals surface area (Å²) >= 11 is 0. The van der Waals surface area contributed by atoms with Crippen LogP contribution in [-0.4, -0.2) is 49.2 Å². The molecule has 0 spiro atoms. The number of piperidine rings is 1. The Morgan fingerprint density at radius 3 is 2.72 bits per heavy atom. The summed E-state index contributed by atoms with van der Waals surface area (Å²) in [4.78, 5) is 26.7. The molecule has 2 heterocycles. The molecule has 156 valence electrons. The van der Waals surface area contributed by atoms with Crippen LogP contribution in [0, 0.1) is 5.92 Å². The van der Waals surface area contributed by atoms with Gasteiger partial charge in [-0.2, -0.15) is 0 Å². The molecule has 6 nitrogen and oxygen atoms in total. The van der Waals surface area contributed by atoms with Gasteiger partial charge in [-0.3, -0.25) is 4.79 Å². The molecule has 1 aliphatic carbocycles. The zero-order valence-corrected chi connectivity index (χ0v) is 16.8. The van der Waals surface area contributed by atoms with Gasteiger partial charge in [0.1, 0.15) is 0 Å². The van der Waals surface area contributed by atoms with Crippen LogP contribution in [0.2, 0.25) is 0 Å². The van der Waals surface area contributed by atoms with E-state index in [1.165, 1.54) is 31.8 Å². The van der Waals surface area contributed by atoms with E-state index in [-0.39, 0.29) is 12.5 Å². The molecule has 3 aliphatic rings. The van der Waals surface area contributed by atoms with E-state index < -0.39 is 5.97 Å². The first-order chi connectivity index (χ1) is 14.2. The van der Waals surface area contributed by atoms with Crippen LogP contribution in [0.3, 0.4) is 0 Å². The van der Waals surface area contributed by atoms with Crippen LogP contribution in [0.25, 0.3) is 6.08 Å². The monoisotopic (exact) mass is 399 g/mol. The van der Waals surface area contributed by atoms with E-state index in [9.17, 15) is 9.59 Å². The third-order valence-electron chi connectivity index (χ3n) is 6.08. The summed E-state index contributed by atoms with van der Waals surface area (Å²) in [5.41, 5.74) is 0.818. The number of carbonyl (C=O) groups excluding carboxylic acids is 2. The molecule has 0 N–H and O–H groups in total. The van der Waals surface area contributed by atoms with Crippen LogP contribution in [0.15, 0.2) is 24.3 Å². The topological polar surface area (TPSA) is 65.1 Å². The van der Waals surface area contributed by atoms with Crippen molar-refractivity contribution >= 4 is 18.0 Å². The number of ether oxygens (including phenoxy) is 3. The smallest absolute Gasteiger partial charge is 0.331 e. The Bertz CT molecular complexity index is 773. The molecule has 0 unspecified atom stereocenters. The van der Waals surface area contributed by atoms with E-state index >= 15 is 0 Å². The van der Waals surface area contributed by atoms with Crippen LogP contribution in [0.4, 0.5) is 0 Å². The van der Waals surface area contributed by atoms with Gasteiger partial charge in [0.05, 0.1) is 13.2 Å². The summed E-state index contributed by atoms with van der Waals surface area (Å²) in [5.74, 6) is 1.44. The average Bonchev–Trinajstić information content (AvgIpc) is 3.00. The summed E-state index contributed by atoms with van der Waals surface area (Å²) in [5, 5.41) is 0. The molecule has 0 aromatic heterocycles. The lowest BCUT2D eigenvalue weighted by Crippen LogP contribution is -2.50. The van der Waals surface area contributed by atoms with Gasteiger partial charge in [0, 0.05) is 25.1 Å². The highest BCUT2D eigenvalue weighted by molar-refractivity contribution is 5.89. The van der Waals surface area contributed by atoms with Gasteiger partial charge in [-0.25, -0.2) is 4.79 Å². The van der Waals surface area contributed by atoms with Crippen LogP contribution in [-0.2, 0) is 14.3 Å². The van der Waals surface area contributed by atoms with Gasteiger partial charge in [0.15, 0.2) is 18.1 Å². The summed E-state index contributed by atoms with van der Waals surface area (Å²) in [6, 6.07) is 5.87. The predicted molar refractivity (Wildman–Crippen MR) is 109 cm³/mol.